The number of nitrogens with one attached hydrogen (secondary N) is 1. The van der Waals surface area contributed by atoms with Crippen LogP contribution in [0.3, 0.4) is 0 Å². The van der Waals surface area contributed by atoms with Gasteiger partial charge in [-0.25, -0.2) is 4.68 Å². The zero-order valence-corrected chi connectivity index (χ0v) is 12.3. The topological polar surface area (TPSA) is 46.9 Å². The maximum atomic E-state index is 12.0. The standard InChI is InChI=1S/C16H21N3O/c1-4-9-17-11-15-16(20)10-13(3)19(18-15)14-7-5-12(2)6-8-14/h5-8,10,17H,4,9,11H2,1-3H3. The molecule has 0 atom stereocenters. The number of aryl methyl sites for hydroxylation is 2. The molecular weight excluding hydrogens is 250 g/mol. The van der Waals surface area contributed by atoms with Crippen molar-refractivity contribution in [2.75, 3.05) is 6.54 Å². The number of aromatic nitrogens is 2. The molecule has 2 aromatic rings. The lowest BCUT2D eigenvalue weighted by Gasteiger charge is -2.11. The number of rotatable bonds is 5. The largest absolute Gasteiger partial charge is 0.311 e. The van der Waals surface area contributed by atoms with Crippen LogP contribution in [0.4, 0.5) is 0 Å². The van der Waals surface area contributed by atoms with Crippen molar-refractivity contribution in [3.8, 4) is 5.69 Å². The summed E-state index contributed by atoms with van der Waals surface area (Å²) >= 11 is 0. The van der Waals surface area contributed by atoms with E-state index in [9.17, 15) is 4.79 Å². The van der Waals surface area contributed by atoms with Gasteiger partial charge in [0.05, 0.1) is 5.69 Å². The van der Waals surface area contributed by atoms with Gasteiger partial charge in [-0.1, -0.05) is 24.6 Å². The number of nitrogens with zero attached hydrogens (tertiary/aromatic N) is 2. The van der Waals surface area contributed by atoms with E-state index in [0.717, 1.165) is 24.3 Å². The first-order valence-corrected chi connectivity index (χ1v) is 6.99. The van der Waals surface area contributed by atoms with Gasteiger partial charge in [-0.15, -0.1) is 0 Å². The van der Waals surface area contributed by atoms with E-state index in [-0.39, 0.29) is 5.43 Å². The van der Waals surface area contributed by atoms with Crippen molar-refractivity contribution in [1.29, 1.82) is 0 Å². The molecule has 1 aromatic carbocycles. The number of hydrogen-bond acceptors (Lipinski definition) is 3. The molecule has 0 bridgehead atoms. The summed E-state index contributed by atoms with van der Waals surface area (Å²) in [5.41, 5.74) is 3.58. The second-order valence-electron chi connectivity index (χ2n) is 5.02. The molecule has 106 valence electrons. The minimum absolute atomic E-state index is 0.00513. The van der Waals surface area contributed by atoms with Crippen molar-refractivity contribution in [1.82, 2.24) is 15.1 Å². The Morgan fingerprint density at radius 1 is 1.20 bits per heavy atom. The van der Waals surface area contributed by atoms with Gasteiger partial charge in [0.2, 0.25) is 5.43 Å². The monoisotopic (exact) mass is 271 g/mol. The molecular formula is C16H21N3O. The fourth-order valence-corrected chi connectivity index (χ4v) is 2.04. The molecule has 0 radical (unpaired) electrons. The van der Waals surface area contributed by atoms with Crippen molar-refractivity contribution in [2.45, 2.75) is 33.7 Å². The highest BCUT2D eigenvalue weighted by molar-refractivity contribution is 5.35. The molecule has 0 aliphatic heterocycles. The van der Waals surface area contributed by atoms with Gasteiger partial charge in [0, 0.05) is 18.3 Å². The normalized spacial score (nSPS) is 10.8. The molecule has 0 saturated heterocycles. The average molecular weight is 271 g/mol. The molecule has 4 nitrogen and oxygen atoms in total. The van der Waals surface area contributed by atoms with Crippen molar-refractivity contribution >= 4 is 0 Å². The van der Waals surface area contributed by atoms with Crippen LogP contribution in [-0.2, 0) is 6.54 Å². The molecule has 1 N–H and O–H groups in total. The van der Waals surface area contributed by atoms with Crippen LogP contribution in [0, 0.1) is 13.8 Å². The average Bonchev–Trinajstić information content (AvgIpc) is 2.43. The molecule has 0 unspecified atom stereocenters. The first-order chi connectivity index (χ1) is 9.61. The molecule has 4 heteroatoms. The van der Waals surface area contributed by atoms with Crippen molar-refractivity contribution in [2.24, 2.45) is 0 Å². The Morgan fingerprint density at radius 2 is 1.90 bits per heavy atom. The van der Waals surface area contributed by atoms with Crippen molar-refractivity contribution in [3.63, 3.8) is 0 Å². The summed E-state index contributed by atoms with van der Waals surface area (Å²) in [5.74, 6) is 0. The molecule has 20 heavy (non-hydrogen) atoms. The SMILES string of the molecule is CCCNCc1nn(-c2ccc(C)cc2)c(C)cc1=O. The summed E-state index contributed by atoms with van der Waals surface area (Å²) in [6, 6.07) is 9.77. The number of benzene rings is 1. The molecule has 1 heterocycles. The maximum absolute atomic E-state index is 12.0. The Kier molecular flexibility index (Phi) is 4.69. The van der Waals surface area contributed by atoms with Crippen LogP contribution >= 0.6 is 0 Å². The highest BCUT2D eigenvalue weighted by Crippen LogP contribution is 2.10. The third-order valence-electron chi connectivity index (χ3n) is 3.18. The molecule has 2 rings (SSSR count). The van der Waals surface area contributed by atoms with Crippen LogP contribution in [0.25, 0.3) is 5.69 Å². The lowest BCUT2D eigenvalue weighted by atomic mass is 10.2. The van der Waals surface area contributed by atoms with E-state index in [1.54, 1.807) is 6.07 Å². The summed E-state index contributed by atoms with van der Waals surface area (Å²) in [7, 11) is 0. The molecule has 0 aliphatic rings. The van der Waals surface area contributed by atoms with Gasteiger partial charge >= 0.3 is 0 Å². The summed E-state index contributed by atoms with van der Waals surface area (Å²) < 4.78 is 1.82. The molecule has 0 aliphatic carbocycles. The number of hydrogen-bond donors (Lipinski definition) is 1. The smallest absolute Gasteiger partial charge is 0.204 e. The molecule has 1 aromatic heterocycles. The zero-order chi connectivity index (χ0) is 14.5. The first kappa shape index (κ1) is 14.5. The molecule has 0 saturated carbocycles. The van der Waals surface area contributed by atoms with Crippen LogP contribution in [-0.4, -0.2) is 16.3 Å². The van der Waals surface area contributed by atoms with Crippen LogP contribution in [0.1, 0.15) is 30.3 Å². The highest BCUT2D eigenvalue weighted by Gasteiger charge is 2.07. The molecule has 0 fully saturated rings. The Hall–Kier alpha value is -1.94. The van der Waals surface area contributed by atoms with E-state index in [2.05, 4.69) is 24.3 Å². The Labute approximate surface area is 119 Å². The van der Waals surface area contributed by atoms with Crippen molar-refractivity contribution in [3.05, 3.63) is 57.5 Å². The van der Waals surface area contributed by atoms with E-state index in [4.69, 9.17) is 0 Å². The van der Waals surface area contributed by atoms with Crippen LogP contribution in [0.5, 0.6) is 0 Å². The fourth-order valence-electron chi connectivity index (χ4n) is 2.04. The fraction of sp³-hybridized carbons (Fsp3) is 0.375. The Balaban J connectivity index is 2.35. The lowest BCUT2D eigenvalue weighted by Crippen LogP contribution is -2.25. The van der Waals surface area contributed by atoms with Crippen LogP contribution in [0.15, 0.2) is 35.1 Å². The second-order valence-corrected chi connectivity index (χ2v) is 5.02. The quantitative estimate of drug-likeness (QED) is 0.849. The van der Waals surface area contributed by atoms with Gasteiger partial charge in [0.25, 0.3) is 0 Å². The summed E-state index contributed by atoms with van der Waals surface area (Å²) in [4.78, 5) is 12.0. The van der Waals surface area contributed by atoms with Gasteiger partial charge < -0.3 is 5.32 Å². The third-order valence-corrected chi connectivity index (χ3v) is 3.18. The van der Waals surface area contributed by atoms with Gasteiger partial charge in [0.1, 0.15) is 5.69 Å². The van der Waals surface area contributed by atoms with Gasteiger partial charge in [0.15, 0.2) is 0 Å². The van der Waals surface area contributed by atoms with Crippen LogP contribution < -0.4 is 10.7 Å². The Morgan fingerprint density at radius 3 is 2.55 bits per heavy atom. The summed E-state index contributed by atoms with van der Waals surface area (Å²) in [5, 5.41) is 7.71. The van der Waals surface area contributed by atoms with Crippen molar-refractivity contribution < 1.29 is 0 Å². The lowest BCUT2D eigenvalue weighted by molar-refractivity contribution is 0.637. The predicted octanol–water partition coefficient (Wildman–Crippen LogP) is 2.35. The van der Waals surface area contributed by atoms with E-state index in [0.29, 0.717) is 12.2 Å². The first-order valence-electron chi connectivity index (χ1n) is 6.99. The van der Waals surface area contributed by atoms with Gasteiger partial charge in [-0.05, 0) is 38.9 Å². The minimum atomic E-state index is -0.00513. The zero-order valence-electron chi connectivity index (χ0n) is 12.3. The third kappa shape index (κ3) is 3.33. The molecule has 0 spiro atoms. The maximum Gasteiger partial charge on any atom is 0.204 e. The summed E-state index contributed by atoms with van der Waals surface area (Å²) in [6.45, 7) is 7.45. The minimum Gasteiger partial charge on any atom is -0.311 e. The van der Waals surface area contributed by atoms with Gasteiger partial charge in [-0.3, -0.25) is 4.79 Å². The second kappa shape index (κ2) is 6.48. The molecule has 0 amide bonds. The van der Waals surface area contributed by atoms with E-state index >= 15 is 0 Å². The van der Waals surface area contributed by atoms with E-state index in [1.807, 2.05) is 35.9 Å². The van der Waals surface area contributed by atoms with Crippen LogP contribution in [0.2, 0.25) is 0 Å². The predicted molar refractivity (Wildman–Crippen MR) is 81.3 cm³/mol. The van der Waals surface area contributed by atoms with E-state index < -0.39 is 0 Å². The summed E-state index contributed by atoms with van der Waals surface area (Å²) in [6.07, 6.45) is 1.04. The van der Waals surface area contributed by atoms with E-state index in [1.165, 1.54) is 5.56 Å². The highest BCUT2D eigenvalue weighted by atomic mass is 16.1. The van der Waals surface area contributed by atoms with Gasteiger partial charge in [-0.2, -0.15) is 5.10 Å². The Bertz CT molecular complexity index is 629.